The summed E-state index contributed by atoms with van der Waals surface area (Å²) in [5.74, 6) is 0. The number of nitrogens with one attached hydrogen (secondary N) is 1. The molecular weight excluding hydrogens is 454 g/mol. The summed E-state index contributed by atoms with van der Waals surface area (Å²) in [7, 11) is 4.18. The van der Waals surface area contributed by atoms with Crippen molar-refractivity contribution in [3.05, 3.63) is 59.7 Å². The molecule has 0 aliphatic heterocycles. The number of para-hydroxylation sites is 1. The zero-order chi connectivity index (χ0) is 17.1. The monoisotopic (exact) mass is 479 g/mol. The molecular formula is C21H27Br2N3. The minimum Gasteiger partial charge on any atom is -0.383 e. The van der Waals surface area contributed by atoms with Crippen LogP contribution in [0, 0.1) is 13.8 Å². The lowest BCUT2D eigenvalue weighted by atomic mass is 10.0. The van der Waals surface area contributed by atoms with Crippen LogP contribution in [-0.2, 0) is 0 Å². The van der Waals surface area contributed by atoms with E-state index in [0.717, 1.165) is 30.0 Å². The Balaban J connectivity index is 0.00000169. The van der Waals surface area contributed by atoms with Crippen LogP contribution < -0.4 is 5.32 Å². The van der Waals surface area contributed by atoms with Crippen LogP contribution in [0.5, 0.6) is 0 Å². The molecule has 5 heteroatoms. The number of hydrogen-bond acceptors (Lipinski definition) is 3. The van der Waals surface area contributed by atoms with Gasteiger partial charge in [-0.3, -0.25) is 0 Å². The van der Waals surface area contributed by atoms with Gasteiger partial charge in [-0.05, 0) is 57.3 Å². The Morgan fingerprint density at radius 2 is 1.65 bits per heavy atom. The van der Waals surface area contributed by atoms with E-state index in [-0.39, 0.29) is 34.0 Å². The molecule has 1 N–H and O–H groups in total. The van der Waals surface area contributed by atoms with Crippen LogP contribution >= 0.6 is 34.0 Å². The van der Waals surface area contributed by atoms with Gasteiger partial charge < -0.3 is 10.2 Å². The van der Waals surface area contributed by atoms with Gasteiger partial charge in [-0.25, -0.2) is 4.98 Å². The Morgan fingerprint density at radius 3 is 2.35 bits per heavy atom. The first-order valence-electron chi connectivity index (χ1n) is 8.40. The van der Waals surface area contributed by atoms with Gasteiger partial charge in [0.15, 0.2) is 0 Å². The molecule has 140 valence electrons. The molecule has 0 aliphatic carbocycles. The van der Waals surface area contributed by atoms with E-state index in [2.05, 4.69) is 80.6 Å². The van der Waals surface area contributed by atoms with Crippen LogP contribution in [0.2, 0.25) is 0 Å². The minimum atomic E-state index is 0. The molecule has 1 aromatic heterocycles. The first-order valence-corrected chi connectivity index (χ1v) is 8.40. The Kier molecular flexibility index (Phi) is 8.74. The molecule has 1 heterocycles. The fraction of sp³-hybridized carbons (Fsp3) is 0.286. The Morgan fingerprint density at radius 1 is 0.923 bits per heavy atom. The van der Waals surface area contributed by atoms with Crippen LogP contribution in [-0.4, -0.2) is 37.1 Å². The average Bonchev–Trinajstić information content (AvgIpc) is 2.57. The summed E-state index contributed by atoms with van der Waals surface area (Å²) in [4.78, 5) is 7.05. The summed E-state index contributed by atoms with van der Waals surface area (Å²) in [6, 6.07) is 17.0. The Labute approximate surface area is 177 Å². The van der Waals surface area contributed by atoms with Gasteiger partial charge in [0.05, 0.1) is 11.2 Å². The number of aryl methyl sites for hydroxylation is 2. The molecule has 26 heavy (non-hydrogen) atoms. The quantitative estimate of drug-likeness (QED) is 0.511. The van der Waals surface area contributed by atoms with E-state index in [1.54, 1.807) is 0 Å². The zero-order valence-corrected chi connectivity index (χ0v) is 19.2. The van der Waals surface area contributed by atoms with Gasteiger partial charge in [0.1, 0.15) is 0 Å². The molecule has 0 saturated heterocycles. The van der Waals surface area contributed by atoms with Gasteiger partial charge in [0.25, 0.3) is 0 Å². The minimum absolute atomic E-state index is 0. The van der Waals surface area contributed by atoms with Gasteiger partial charge in [0, 0.05) is 29.7 Å². The smallest absolute Gasteiger partial charge is 0.0730 e. The summed E-state index contributed by atoms with van der Waals surface area (Å²) < 4.78 is 0. The number of anilines is 1. The highest BCUT2D eigenvalue weighted by molar-refractivity contribution is 8.93. The molecule has 0 aliphatic rings. The highest BCUT2D eigenvalue weighted by Crippen LogP contribution is 2.29. The van der Waals surface area contributed by atoms with Crippen LogP contribution in [0.25, 0.3) is 22.2 Å². The molecule has 0 radical (unpaired) electrons. The van der Waals surface area contributed by atoms with E-state index in [1.165, 1.54) is 22.1 Å². The molecule has 3 nitrogen and oxygen atoms in total. The number of hydrogen-bond donors (Lipinski definition) is 1. The van der Waals surface area contributed by atoms with Crippen molar-refractivity contribution < 1.29 is 0 Å². The van der Waals surface area contributed by atoms with E-state index in [0.29, 0.717) is 0 Å². The first-order chi connectivity index (χ1) is 11.5. The summed E-state index contributed by atoms with van der Waals surface area (Å²) in [6.07, 6.45) is 0. The molecule has 3 aromatic rings. The fourth-order valence-corrected chi connectivity index (χ4v) is 2.78. The largest absolute Gasteiger partial charge is 0.383 e. The molecule has 2 aromatic carbocycles. The van der Waals surface area contributed by atoms with Crippen LogP contribution in [0.15, 0.2) is 48.5 Å². The molecule has 0 unspecified atom stereocenters. The van der Waals surface area contributed by atoms with E-state index >= 15 is 0 Å². The molecule has 0 fully saturated rings. The van der Waals surface area contributed by atoms with E-state index < -0.39 is 0 Å². The number of aromatic nitrogens is 1. The van der Waals surface area contributed by atoms with Crippen LogP contribution in [0.4, 0.5) is 5.69 Å². The number of pyridine rings is 1. The van der Waals surface area contributed by atoms with Crippen molar-refractivity contribution in [3.8, 4) is 11.3 Å². The fourth-order valence-electron chi connectivity index (χ4n) is 2.78. The second-order valence-electron chi connectivity index (χ2n) is 6.60. The molecule has 0 spiro atoms. The summed E-state index contributed by atoms with van der Waals surface area (Å²) in [5.41, 5.74) is 6.97. The molecule has 0 amide bonds. The Hall–Kier alpha value is -1.43. The van der Waals surface area contributed by atoms with Crippen molar-refractivity contribution >= 4 is 50.6 Å². The Bertz CT molecular complexity index is 863. The number of rotatable bonds is 5. The predicted octanol–water partition coefficient (Wildman–Crippen LogP) is 5.65. The number of halogens is 2. The highest BCUT2D eigenvalue weighted by atomic mass is 79.9. The molecule has 0 atom stereocenters. The zero-order valence-electron chi connectivity index (χ0n) is 15.7. The average molecular weight is 481 g/mol. The van der Waals surface area contributed by atoms with Crippen molar-refractivity contribution in [1.82, 2.24) is 9.88 Å². The van der Waals surface area contributed by atoms with Crippen LogP contribution in [0.1, 0.15) is 11.1 Å². The van der Waals surface area contributed by atoms with Gasteiger partial charge in [-0.2, -0.15) is 0 Å². The highest BCUT2D eigenvalue weighted by Gasteiger charge is 2.08. The number of fused-ring (bicyclic) bond motifs is 1. The van der Waals surface area contributed by atoms with Crippen molar-refractivity contribution in [2.45, 2.75) is 13.8 Å². The number of benzene rings is 2. The standard InChI is InChI=1S/C21H25N3.2BrH/c1-15-9-10-17(13-16(15)2)20-14-21(22-11-12-24(3)4)18-7-5-6-8-19(18)23-20;;/h5-10,13-14H,11-12H2,1-4H3,(H,22,23);2*1H. The summed E-state index contributed by atoms with van der Waals surface area (Å²) in [6.45, 7) is 6.19. The maximum absolute atomic E-state index is 4.87. The van der Waals surface area contributed by atoms with Crippen molar-refractivity contribution in [2.24, 2.45) is 0 Å². The molecule has 0 saturated carbocycles. The van der Waals surface area contributed by atoms with Gasteiger partial charge in [-0.1, -0.05) is 30.3 Å². The first kappa shape index (κ1) is 22.6. The van der Waals surface area contributed by atoms with Crippen molar-refractivity contribution in [2.75, 3.05) is 32.5 Å². The summed E-state index contributed by atoms with van der Waals surface area (Å²) >= 11 is 0. The van der Waals surface area contributed by atoms with E-state index in [9.17, 15) is 0 Å². The van der Waals surface area contributed by atoms with Gasteiger partial charge >= 0.3 is 0 Å². The third-order valence-corrected chi connectivity index (χ3v) is 4.39. The van der Waals surface area contributed by atoms with Crippen molar-refractivity contribution in [3.63, 3.8) is 0 Å². The van der Waals surface area contributed by atoms with Gasteiger partial charge in [0.2, 0.25) is 0 Å². The SMILES string of the molecule is Br.Br.Cc1ccc(-c2cc(NCCN(C)C)c3ccccc3n2)cc1C. The summed E-state index contributed by atoms with van der Waals surface area (Å²) in [5, 5.41) is 4.74. The maximum Gasteiger partial charge on any atom is 0.0730 e. The maximum atomic E-state index is 4.87. The van der Waals surface area contributed by atoms with Crippen LogP contribution in [0.3, 0.4) is 0 Å². The molecule has 3 rings (SSSR count). The third-order valence-electron chi connectivity index (χ3n) is 4.39. The molecule has 0 bridgehead atoms. The number of nitrogens with zero attached hydrogens (tertiary/aromatic N) is 2. The lowest BCUT2D eigenvalue weighted by Gasteiger charge is -2.15. The van der Waals surface area contributed by atoms with Gasteiger partial charge in [-0.15, -0.1) is 34.0 Å². The lowest BCUT2D eigenvalue weighted by Crippen LogP contribution is -2.20. The second kappa shape index (κ2) is 10.0. The number of likely N-dealkylation sites (N-methyl/N-ethyl adjacent to an activating group) is 1. The predicted molar refractivity (Wildman–Crippen MR) is 124 cm³/mol. The van der Waals surface area contributed by atoms with Crippen molar-refractivity contribution in [1.29, 1.82) is 0 Å². The lowest BCUT2D eigenvalue weighted by molar-refractivity contribution is 0.425. The third kappa shape index (κ3) is 5.29. The van der Waals surface area contributed by atoms with E-state index in [1.807, 2.05) is 6.07 Å². The van der Waals surface area contributed by atoms with E-state index in [4.69, 9.17) is 4.98 Å². The second-order valence-corrected chi connectivity index (χ2v) is 6.60. The topological polar surface area (TPSA) is 28.2 Å². The normalized spacial score (nSPS) is 10.3.